The number of carbonyl (C=O) groups excluding carboxylic acids is 3. The zero-order chi connectivity index (χ0) is 43.8. The molecule has 60 heavy (non-hydrogen) atoms. The molecule has 0 aromatic rings. The van der Waals surface area contributed by atoms with Crippen LogP contribution in [0.2, 0.25) is 0 Å². The van der Waals surface area contributed by atoms with E-state index in [1.807, 2.05) is 0 Å². The molecule has 0 aliphatic heterocycles. The quantitative estimate of drug-likeness (QED) is 0.0345. The molecule has 0 fully saturated rings. The van der Waals surface area contributed by atoms with Crippen LogP contribution in [0.3, 0.4) is 0 Å². The fraction of sp³-hybridized carbons (Fsp3) is 0.944. The molecule has 356 valence electrons. The SMILES string of the molecule is CCCCCCCCCCCCCCCCCCC(=O)O[C@H](COC(=O)CCCCCCCCCCCCCC)COC(=O)CCCCCCCCCCCCCC(C)C. The van der Waals surface area contributed by atoms with E-state index in [0.29, 0.717) is 19.3 Å². The molecule has 6 nitrogen and oxygen atoms in total. The van der Waals surface area contributed by atoms with Crippen LogP contribution in [-0.2, 0) is 28.6 Å². The number of esters is 3. The van der Waals surface area contributed by atoms with Gasteiger partial charge in [0.25, 0.3) is 0 Å². The molecule has 0 radical (unpaired) electrons. The molecule has 1 atom stereocenters. The smallest absolute Gasteiger partial charge is 0.306 e. The maximum absolute atomic E-state index is 12.8. The fourth-order valence-electron chi connectivity index (χ4n) is 8.22. The number of hydrogen-bond acceptors (Lipinski definition) is 6. The van der Waals surface area contributed by atoms with Crippen LogP contribution in [-0.4, -0.2) is 37.2 Å². The molecule has 0 unspecified atom stereocenters. The third-order valence-corrected chi connectivity index (χ3v) is 12.3. The summed E-state index contributed by atoms with van der Waals surface area (Å²) >= 11 is 0. The highest BCUT2D eigenvalue weighted by Gasteiger charge is 2.19. The van der Waals surface area contributed by atoms with Crippen LogP contribution in [0, 0.1) is 5.92 Å². The van der Waals surface area contributed by atoms with Gasteiger partial charge >= 0.3 is 17.9 Å². The molecule has 0 spiro atoms. The third-order valence-electron chi connectivity index (χ3n) is 12.3. The lowest BCUT2D eigenvalue weighted by atomic mass is 10.0. The van der Waals surface area contributed by atoms with E-state index in [9.17, 15) is 14.4 Å². The summed E-state index contributed by atoms with van der Waals surface area (Å²) in [5, 5.41) is 0. The van der Waals surface area contributed by atoms with Crippen molar-refractivity contribution >= 4 is 17.9 Å². The van der Waals surface area contributed by atoms with Gasteiger partial charge < -0.3 is 14.2 Å². The van der Waals surface area contributed by atoms with Crippen LogP contribution < -0.4 is 0 Å². The molecule has 0 saturated heterocycles. The van der Waals surface area contributed by atoms with E-state index in [2.05, 4.69) is 27.7 Å². The largest absolute Gasteiger partial charge is 0.462 e. The molecule has 0 N–H and O–H groups in total. The molecule has 0 aromatic heterocycles. The second kappa shape index (κ2) is 48.4. The predicted octanol–water partition coefficient (Wildman–Crippen LogP) is 17.5. The second-order valence-corrected chi connectivity index (χ2v) is 19.0. The van der Waals surface area contributed by atoms with E-state index in [0.717, 1.165) is 63.7 Å². The zero-order valence-corrected chi connectivity index (χ0v) is 40.9. The Morgan fingerprint density at radius 3 is 0.817 bits per heavy atom. The number of ether oxygens (including phenoxy) is 3. The highest BCUT2D eigenvalue weighted by molar-refractivity contribution is 5.71. The highest BCUT2D eigenvalue weighted by atomic mass is 16.6. The van der Waals surface area contributed by atoms with Gasteiger partial charge in [-0.15, -0.1) is 0 Å². The van der Waals surface area contributed by atoms with Crippen molar-refractivity contribution in [3.8, 4) is 0 Å². The van der Waals surface area contributed by atoms with E-state index in [1.54, 1.807) is 0 Å². The van der Waals surface area contributed by atoms with Gasteiger partial charge in [0.05, 0.1) is 0 Å². The van der Waals surface area contributed by atoms with Gasteiger partial charge in [0.15, 0.2) is 6.10 Å². The Balaban J connectivity index is 4.30. The summed E-state index contributed by atoms with van der Waals surface area (Å²) in [7, 11) is 0. The minimum Gasteiger partial charge on any atom is -0.462 e. The first kappa shape index (κ1) is 58.4. The topological polar surface area (TPSA) is 78.9 Å². The van der Waals surface area contributed by atoms with Gasteiger partial charge in [-0.25, -0.2) is 0 Å². The Bertz CT molecular complexity index is 903. The number of rotatable bonds is 49. The summed E-state index contributed by atoms with van der Waals surface area (Å²) in [4.78, 5) is 38.0. The number of carbonyl (C=O) groups is 3. The minimum atomic E-state index is -0.761. The van der Waals surface area contributed by atoms with Gasteiger partial charge in [0, 0.05) is 19.3 Å². The van der Waals surface area contributed by atoms with E-state index in [4.69, 9.17) is 14.2 Å². The van der Waals surface area contributed by atoms with Crippen LogP contribution >= 0.6 is 0 Å². The van der Waals surface area contributed by atoms with Crippen molar-refractivity contribution in [1.82, 2.24) is 0 Å². The minimum absolute atomic E-state index is 0.0625. The van der Waals surface area contributed by atoms with Crippen LogP contribution in [0.1, 0.15) is 304 Å². The lowest BCUT2D eigenvalue weighted by Crippen LogP contribution is -2.30. The van der Waals surface area contributed by atoms with Crippen molar-refractivity contribution in [3.05, 3.63) is 0 Å². The molecular formula is C54H104O6. The van der Waals surface area contributed by atoms with Gasteiger partial charge in [-0.1, -0.05) is 265 Å². The molecule has 0 bridgehead atoms. The lowest BCUT2D eigenvalue weighted by molar-refractivity contribution is -0.167. The molecule has 0 aromatic carbocycles. The maximum atomic E-state index is 12.8. The van der Waals surface area contributed by atoms with Crippen molar-refractivity contribution < 1.29 is 28.6 Å². The maximum Gasteiger partial charge on any atom is 0.306 e. The zero-order valence-electron chi connectivity index (χ0n) is 40.9. The Morgan fingerprint density at radius 1 is 0.317 bits per heavy atom. The molecule has 0 aliphatic rings. The lowest BCUT2D eigenvalue weighted by Gasteiger charge is -2.18. The van der Waals surface area contributed by atoms with Crippen LogP contribution in [0.15, 0.2) is 0 Å². The predicted molar refractivity (Wildman–Crippen MR) is 257 cm³/mol. The monoisotopic (exact) mass is 849 g/mol. The average molecular weight is 849 g/mol. The Morgan fingerprint density at radius 2 is 0.550 bits per heavy atom. The first-order valence-corrected chi connectivity index (χ1v) is 26.9. The Hall–Kier alpha value is -1.59. The molecule has 0 rings (SSSR count). The van der Waals surface area contributed by atoms with Gasteiger partial charge in [0.2, 0.25) is 0 Å². The number of hydrogen-bond donors (Lipinski definition) is 0. The molecule has 0 saturated carbocycles. The molecule has 0 amide bonds. The van der Waals surface area contributed by atoms with Crippen molar-refractivity contribution in [2.24, 2.45) is 5.92 Å². The van der Waals surface area contributed by atoms with Gasteiger partial charge in [0.1, 0.15) is 13.2 Å². The van der Waals surface area contributed by atoms with E-state index >= 15 is 0 Å². The van der Waals surface area contributed by atoms with E-state index in [1.165, 1.54) is 199 Å². The summed E-state index contributed by atoms with van der Waals surface area (Å²) in [5.74, 6) is -0.0145. The van der Waals surface area contributed by atoms with Crippen molar-refractivity contribution in [2.45, 2.75) is 310 Å². The first-order valence-electron chi connectivity index (χ1n) is 26.9. The molecule has 0 heterocycles. The van der Waals surface area contributed by atoms with Gasteiger partial charge in [-0.3, -0.25) is 14.4 Å². The van der Waals surface area contributed by atoms with Crippen molar-refractivity contribution in [3.63, 3.8) is 0 Å². The van der Waals surface area contributed by atoms with Crippen molar-refractivity contribution in [1.29, 1.82) is 0 Å². The third kappa shape index (κ3) is 47.5. The fourth-order valence-corrected chi connectivity index (χ4v) is 8.22. The summed E-state index contributed by atoms with van der Waals surface area (Å²) < 4.78 is 16.8. The summed E-state index contributed by atoms with van der Waals surface area (Å²) in [5.41, 5.74) is 0. The van der Waals surface area contributed by atoms with E-state index < -0.39 is 6.10 Å². The van der Waals surface area contributed by atoms with Crippen molar-refractivity contribution in [2.75, 3.05) is 13.2 Å². The normalized spacial score (nSPS) is 11.9. The summed E-state index contributed by atoms with van der Waals surface area (Å²) in [6.45, 7) is 9.03. The molecule has 6 heteroatoms. The van der Waals surface area contributed by atoms with Crippen LogP contribution in [0.4, 0.5) is 0 Å². The van der Waals surface area contributed by atoms with Gasteiger partial charge in [-0.05, 0) is 25.2 Å². The van der Waals surface area contributed by atoms with Gasteiger partial charge in [-0.2, -0.15) is 0 Å². The first-order chi connectivity index (χ1) is 29.4. The molecular weight excluding hydrogens is 745 g/mol. The average Bonchev–Trinajstić information content (AvgIpc) is 3.23. The summed E-state index contributed by atoms with van der Waals surface area (Å²) in [6.07, 6.45) is 50.8. The Labute approximate surface area is 374 Å². The molecule has 0 aliphatic carbocycles. The Kier molecular flexibility index (Phi) is 47.2. The standard InChI is InChI=1S/C54H104O6/c1-5-7-9-11-13-15-17-19-20-21-22-26-31-35-39-43-47-54(57)60-51(48-58-52(55)45-41-37-33-29-25-18-16-14-12-10-8-6-2)49-59-53(56)46-42-38-34-30-27-23-24-28-32-36-40-44-50(3)4/h50-51H,5-49H2,1-4H3/t51-/m1/s1. The van der Waals surface area contributed by atoms with Crippen LogP contribution in [0.25, 0.3) is 0 Å². The highest BCUT2D eigenvalue weighted by Crippen LogP contribution is 2.17. The number of unbranched alkanes of at least 4 members (excludes halogenated alkanes) is 36. The van der Waals surface area contributed by atoms with Crippen LogP contribution in [0.5, 0.6) is 0 Å². The van der Waals surface area contributed by atoms with E-state index in [-0.39, 0.29) is 31.1 Å². The second-order valence-electron chi connectivity index (χ2n) is 19.0. The summed E-state index contributed by atoms with van der Waals surface area (Å²) in [6, 6.07) is 0.